The molecule has 0 radical (unpaired) electrons. The topological polar surface area (TPSA) is 135 Å². The van der Waals surface area contributed by atoms with Gasteiger partial charge in [-0.25, -0.2) is 0 Å². The molecule has 7 nitrogen and oxygen atoms in total. The average molecular weight is 523 g/mol. The summed E-state index contributed by atoms with van der Waals surface area (Å²) in [5, 5.41) is 24.0. The van der Waals surface area contributed by atoms with Gasteiger partial charge in [0.2, 0.25) is 0 Å². The summed E-state index contributed by atoms with van der Waals surface area (Å²) in [6.07, 6.45) is 11.8. The summed E-state index contributed by atoms with van der Waals surface area (Å²) in [6, 6.07) is 0. The van der Waals surface area contributed by atoms with Crippen LogP contribution in [0.3, 0.4) is 0 Å². The Morgan fingerprint density at radius 2 is 1.24 bits per heavy atom. The molecule has 10 heteroatoms. The van der Waals surface area contributed by atoms with Crippen LogP contribution in [0.4, 0.5) is 0 Å². The van der Waals surface area contributed by atoms with Crippen LogP contribution in [0.2, 0.25) is 0 Å². The molecule has 0 rings (SSSR count). The molecule has 0 aliphatic rings. The second-order valence-electron chi connectivity index (χ2n) is 9.11. The van der Waals surface area contributed by atoms with Gasteiger partial charge in [-0.2, -0.15) is 8.42 Å². The molecule has 0 spiro atoms. The SMILES string of the molecule is CCCCCCCCCCCCC(C(=O)[O-])(C(CC(CC)CCCC)C(=O)[O-])S(=O)(=O)O.[Na+].[Na+]. The maximum absolute atomic E-state index is 12.3. The number of aliphatic carboxylic acids is 2. The Kier molecular flexibility index (Phi) is 25.3. The predicted molar refractivity (Wildman–Crippen MR) is 122 cm³/mol. The molecule has 0 saturated carbocycles. The van der Waals surface area contributed by atoms with Crippen LogP contribution < -0.4 is 69.3 Å². The molecule has 190 valence electrons. The van der Waals surface area contributed by atoms with Crippen molar-refractivity contribution in [2.45, 2.75) is 128 Å². The third-order valence-electron chi connectivity index (χ3n) is 6.67. The van der Waals surface area contributed by atoms with Crippen molar-refractivity contribution in [3.63, 3.8) is 0 Å². The molecule has 0 aromatic rings. The van der Waals surface area contributed by atoms with E-state index >= 15 is 0 Å². The van der Waals surface area contributed by atoms with E-state index in [4.69, 9.17) is 0 Å². The molecule has 3 unspecified atom stereocenters. The second kappa shape index (κ2) is 21.9. The zero-order valence-corrected chi connectivity index (χ0v) is 27.1. The fraction of sp³-hybridized carbons (Fsp3) is 0.917. The Morgan fingerprint density at radius 3 is 1.59 bits per heavy atom. The van der Waals surface area contributed by atoms with Crippen molar-refractivity contribution in [2.24, 2.45) is 11.8 Å². The second-order valence-corrected chi connectivity index (χ2v) is 10.8. The van der Waals surface area contributed by atoms with Crippen molar-refractivity contribution >= 4 is 22.1 Å². The average Bonchev–Trinajstić information content (AvgIpc) is 2.71. The summed E-state index contributed by atoms with van der Waals surface area (Å²) in [4.78, 5) is 24.0. The zero-order chi connectivity index (χ0) is 24.6. The van der Waals surface area contributed by atoms with Crippen molar-refractivity contribution in [3.05, 3.63) is 0 Å². The summed E-state index contributed by atoms with van der Waals surface area (Å²) >= 11 is 0. The Balaban J connectivity index is -0.00000480. The van der Waals surface area contributed by atoms with E-state index in [0.29, 0.717) is 19.3 Å². The van der Waals surface area contributed by atoms with Crippen molar-refractivity contribution in [3.8, 4) is 0 Å². The fourth-order valence-electron chi connectivity index (χ4n) is 4.50. The number of hydrogen-bond acceptors (Lipinski definition) is 6. The maximum Gasteiger partial charge on any atom is 1.00 e. The molecule has 0 amide bonds. The van der Waals surface area contributed by atoms with Crippen LogP contribution in [0.5, 0.6) is 0 Å². The molecular formula is C24H44Na2O7S. The number of unbranched alkanes of at least 4 members (excludes halogenated alkanes) is 10. The minimum atomic E-state index is -5.24. The van der Waals surface area contributed by atoms with E-state index in [2.05, 4.69) is 6.92 Å². The first-order chi connectivity index (χ1) is 15.1. The fourth-order valence-corrected chi connectivity index (χ4v) is 5.66. The third kappa shape index (κ3) is 14.0. The number of carbonyl (C=O) groups excluding carboxylic acids is 2. The Hall–Kier alpha value is 0.850. The van der Waals surface area contributed by atoms with E-state index in [-0.39, 0.29) is 77.9 Å². The van der Waals surface area contributed by atoms with Gasteiger partial charge in [-0.3, -0.25) is 4.55 Å². The molecule has 0 fully saturated rings. The molecule has 0 saturated heterocycles. The van der Waals surface area contributed by atoms with E-state index in [1.807, 2.05) is 13.8 Å². The first kappa shape index (κ1) is 39.4. The number of carbonyl (C=O) groups is 2. The van der Waals surface area contributed by atoms with Crippen LogP contribution in [0.25, 0.3) is 0 Å². The van der Waals surface area contributed by atoms with Gasteiger partial charge in [0, 0.05) is 11.9 Å². The molecule has 0 aromatic carbocycles. The number of hydrogen-bond donors (Lipinski definition) is 1. The van der Waals surface area contributed by atoms with E-state index in [1.54, 1.807) is 0 Å². The summed E-state index contributed by atoms with van der Waals surface area (Å²) in [5.41, 5.74) is 0. The van der Waals surface area contributed by atoms with E-state index < -0.39 is 39.1 Å². The van der Waals surface area contributed by atoms with E-state index in [9.17, 15) is 32.8 Å². The van der Waals surface area contributed by atoms with Gasteiger partial charge >= 0.3 is 59.1 Å². The normalized spacial score (nSPS) is 14.8. The number of rotatable bonds is 21. The van der Waals surface area contributed by atoms with Gasteiger partial charge < -0.3 is 19.8 Å². The van der Waals surface area contributed by atoms with Gasteiger partial charge in [0.1, 0.15) is 4.75 Å². The van der Waals surface area contributed by atoms with Gasteiger partial charge in [-0.05, 0) is 18.8 Å². The van der Waals surface area contributed by atoms with Gasteiger partial charge in [0.15, 0.2) is 0 Å². The van der Waals surface area contributed by atoms with Crippen LogP contribution in [0, 0.1) is 11.8 Å². The number of carboxylic acid groups (broad SMARTS) is 2. The van der Waals surface area contributed by atoms with Crippen molar-refractivity contribution in [2.75, 3.05) is 0 Å². The summed E-state index contributed by atoms with van der Waals surface area (Å²) in [6.45, 7) is 6.00. The van der Waals surface area contributed by atoms with E-state index in [0.717, 1.165) is 38.5 Å². The summed E-state index contributed by atoms with van der Waals surface area (Å²) in [7, 11) is -5.24. The van der Waals surface area contributed by atoms with Gasteiger partial charge in [0.25, 0.3) is 10.1 Å². The quantitative estimate of drug-likeness (QED) is 0.101. The summed E-state index contributed by atoms with van der Waals surface area (Å²) in [5.74, 6) is -5.86. The maximum atomic E-state index is 12.3. The van der Waals surface area contributed by atoms with Crippen LogP contribution in [0.1, 0.15) is 124 Å². The largest absolute Gasteiger partial charge is 1.00 e. The minimum absolute atomic E-state index is 0. The Morgan fingerprint density at radius 1 is 0.794 bits per heavy atom. The van der Waals surface area contributed by atoms with Crippen LogP contribution in [0.15, 0.2) is 0 Å². The van der Waals surface area contributed by atoms with Crippen molar-refractivity contribution in [1.82, 2.24) is 0 Å². The third-order valence-corrected chi connectivity index (χ3v) is 8.24. The Bertz CT molecular complexity index is 643. The smallest absolute Gasteiger partial charge is 0.550 e. The van der Waals surface area contributed by atoms with Crippen LogP contribution in [-0.2, 0) is 19.7 Å². The van der Waals surface area contributed by atoms with Gasteiger partial charge in [0.05, 0.1) is 5.97 Å². The van der Waals surface area contributed by atoms with Crippen LogP contribution in [-0.4, -0.2) is 29.7 Å². The van der Waals surface area contributed by atoms with Crippen molar-refractivity contribution in [1.29, 1.82) is 0 Å². The summed E-state index contributed by atoms with van der Waals surface area (Å²) < 4.78 is 31.5. The van der Waals surface area contributed by atoms with Gasteiger partial charge in [-0.1, -0.05) is 111 Å². The molecule has 0 aromatic heterocycles. The molecular weight excluding hydrogens is 478 g/mol. The molecule has 0 aliphatic heterocycles. The predicted octanol–water partition coefficient (Wildman–Crippen LogP) is -2.35. The molecule has 0 bridgehead atoms. The Labute approximate surface area is 251 Å². The molecule has 0 heterocycles. The molecule has 34 heavy (non-hydrogen) atoms. The first-order valence-corrected chi connectivity index (χ1v) is 13.9. The monoisotopic (exact) mass is 522 g/mol. The molecule has 3 atom stereocenters. The van der Waals surface area contributed by atoms with E-state index in [1.165, 1.54) is 25.7 Å². The molecule has 1 N–H and O–H groups in total. The standard InChI is InChI=1S/C24H46O7S.2Na/c1-4-7-9-10-11-12-13-14-15-16-18-24(23(27)28,32(29,30)31)21(22(25)26)19-20(6-3)17-8-5-2;;/h20-21H,4-19H2,1-3H3,(H,25,26)(H,27,28)(H,29,30,31);;/q;2*+1/p-2. The van der Waals surface area contributed by atoms with Crippen molar-refractivity contribution < 1.29 is 91.9 Å². The van der Waals surface area contributed by atoms with Gasteiger partial charge in [-0.15, -0.1) is 0 Å². The zero-order valence-electron chi connectivity index (χ0n) is 22.3. The first-order valence-electron chi connectivity index (χ1n) is 12.5. The number of carboxylic acids is 2. The van der Waals surface area contributed by atoms with Crippen LogP contribution >= 0.6 is 0 Å². The molecule has 0 aliphatic carbocycles. The minimum Gasteiger partial charge on any atom is -0.550 e.